The van der Waals surface area contributed by atoms with Crippen molar-refractivity contribution in [3.8, 4) is 0 Å². The highest BCUT2D eigenvalue weighted by molar-refractivity contribution is 7.51. The first-order chi connectivity index (χ1) is 2.27. The fourth-order valence-electron chi connectivity index (χ4n) is 0. The topological polar surface area (TPSA) is 88.9 Å². The molecule has 6 heavy (non-hydrogen) atoms. The standard InChI is InChI=1S/CH3NO2S.H3N/c3-1(4)2-5;/h2H2,(H,3,4);1H3. The van der Waals surface area contributed by atoms with Crippen LogP contribution in [0.3, 0.4) is 0 Å². The molecule has 0 saturated carbocycles. The van der Waals surface area contributed by atoms with Gasteiger partial charge >= 0.3 is 6.09 Å². The molecule has 0 atom stereocenters. The molecule has 4 nitrogen and oxygen atoms in total. The van der Waals surface area contributed by atoms with E-state index in [9.17, 15) is 4.79 Å². The summed E-state index contributed by atoms with van der Waals surface area (Å²) < 4.78 is 0.667. The lowest BCUT2D eigenvalue weighted by molar-refractivity contribution is -0.384. The van der Waals surface area contributed by atoms with E-state index in [4.69, 9.17) is 5.11 Å². The number of nitrogens with two attached hydrogens (primary N) is 1. The third-order valence-electron chi connectivity index (χ3n) is 0.101. The Hall–Kier alpha value is -0.260. The van der Waals surface area contributed by atoms with Crippen LogP contribution < -0.4 is 10.9 Å². The summed E-state index contributed by atoms with van der Waals surface area (Å²) in [5.74, 6) is 0. The minimum absolute atomic E-state index is 0. The van der Waals surface area contributed by atoms with E-state index in [0.717, 1.165) is 0 Å². The Labute approximate surface area is 40.7 Å². The summed E-state index contributed by atoms with van der Waals surface area (Å²) in [6.45, 7) is 0. The molecule has 0 rings (SSSR count). The van der Waals surface area contributed by atoms with E-state index in [-0.39, 0.29) is 6.15 Å². The predicted molar refractivity (Wildman–Crippen MR) is 22.3 cm³/mol. The van der Waals surface area contributed by atoms with Crippen molar-refractivity contribution in [1.29, 1.82) is 0 Å². The first-order valence-corrected chi connectivity index (χ1v) is 1.42. The van der Waals surface area contributed by atoms with E-state index >= 15 is 0 Å². The van der Waals surface area contributed by atoms with Crippen molar-refractivity contribution < 1.29 is 14.6 Å². The number of carboxylic acid groups (broad SMARTS) is 1. The Kier molecular flexibility index (Phi) is 7.28. The third-order valence-corrected chi connectivity index (χ3v) is 0.302. The molecule has 0 aromatic heterocycles. The quantitative estimate of drug-likeness (QED) is 0.343. The molecule has 0 heterocycles. The molecule has 0 spiro atoms. The fourth-order valence-corrected chi connectivity index (χ4v) is 0. The number of amides is 1. The maximum absolute atomic E-state index is 9.21. The van der Waals surface area contributed by atoms with Gasteiger partial charge in [0.05, 0.1) is 0 Å². The van der Waals surface area contributed by atoms with Gasteiger partial charge in [-0.05, 0) is 0 Å². The highest BCUT2D eigenvalue weighted by Crippen LogP contribution is 1.33. The van der Waals surface area contributed by atoms with Crippen LogP contribution in [0.1, 0.15) is 0 Å². The van der Waals surface area contributed by atoms with Crippen LogP contribution in [-0.4, -0.2) is 11.2 Å². The first kappa shape index (κ1) is 9.22. The Morgan fingerprint density at radius 3 is 2.00 bits per heavy atom. The number of primary amides is 1. The maximum Gasteiger partial charge on any atom is 0.492 e. The van der Waals surface area contributed by atoms with Crippen molar-refractivity contribution in [2.75, 3.05) is 0 Å². The lowest BCUT2D eigenvalue weighted by Gasteiger charge is -1.85. The zero-order valence-corrected chi connectivity index (χ0v) is 3.86. The van der Waals surface area contributed by atoms with Gasteiger partial charge in [-0.3, -0.25) is 0 Å². The van der Waals surface area contributed by atoms with Gasteiger partial charge in [0.15, 0.2) is 0 Å². The van der Waals surface area contributed by atoms with E-state index in [1.54, 1.807) is 0 Å². The van der Waals surface area contributed by atoms with Crippen molar-refractivity contribution in [1.82, 2.24) is 6.15 Å². The van der Waals surface area contributed by atoms with Crippen LogP contribution in [0.5, 0.6) is 0 Å². The van der Waals surface area contributed by atoms with Gasteiger partial charge in [0.2, 0.25) is 0 Å². The minimum atomic E-state index is -1.06. The van der Waals surface area contributed by atoms with Crippen LogP contribution in [0, 0.1) is 0 Å². The highest BCUT2D eigenvalue weighted by atomic mass is 32.1. The van der Waals surface area contributed by atoms with Crippen LogP contribution in [-0.2, 0) is 12.8 Å². The molecule has 0 fully saturated rings. The second-order valence-electron chi connectivity index (χ2n) is 0.456. The molecule has 5 heteroatoms. The molecule has 0 aliphatic heterocycles. The third kappa shape index (κ3) is 9.27. The van der Waals surface area contributed by atoms with E-state index in [0.29, 0.717) is 4.72 Å². The van der Waals surface area contributed by atoms with Gasteiger partial charge in [0, 0.05) is 0 Å². The van der Waals surface area contributed by atoms with Crippen molar-refractivity contribution in [2.24, 2.45) is 0 Å². The van der Waals surface area contributed by atoms with E-state index in [1.165, 1.54) is 0 Å². The lowest BCUT2D eigenvalue weighted by atomic mass is 11.3. The summed E-state index contributed by atoms with van der Waals surface area (Å²) >= 11 is 3.95. The Bertz CT molecular complexity index is 46.8. The molecule has 1 amide bonds. The van der Waals surface area contributed by atoms with Crippen LogP contribution >= 0.6 is 0 Å². The Morgan fingerprint density at radius 1 is 1.83 bits per heavy atom. The summed E-state index contributed by atoms with van der Waals surface area (Å²) in [7, 11) is 0. The average molecular weight is 110 g/mol. The molecule has 0 saturated heterocycles. The molecule has 0 aromatic rings. The number of hydrogen-bond acceptors (Lipinski definition) is 3. The minimum Gasteiger partial charge on any atom is -0.485 e. The summed E-state index contributed by atoms with van der Waals surface area (Å²) in [5.41, 5.74) is 0. The molecule has 6 N–H and O–H groups in total. The van der Waals surface area contributed by atoms with Crippen molar-refractivity contribution in [3.05, 3.63) is 0 Å². The predicted octanol–water partition coefficient (Wildman–Crippen LogP) is -1.15. The van der Waals surface area contributed by atoms with Crippen molar-refractivity contribution in [2.45, 2.75) is 0 Å². The van der Waals surface area contributed by atoms with E-state index in [2.05, 4.69) is 12.8 Å². The van der Waals surface area contributed by atoms with Gasteiger partial charge in [0.25, 0.3) is 0 Å². The molecule has 38 valence electrons. The van der Waals surface area contributed by atoms with Crippen LogP contribution in [0.4, 0.5) is 4.79 Å². The highest BCUT2D eigenvalue weighted by Gasteiger charge is 1.79. The number of quaternary nitrogens is 1. The Balaban J connectivity index is 0. The monoisotopic (exact) mass is 110 g/mol. The van der Waals surface area contributed by atoms with Gasteiger partial charge in [-0.1, -0.05) is 0 Å². The number of rotatable bonds is 0. The zero-order valence-electron chi connectivity index (χ0n) is 3.05. The molecule has 0 radical (unpaired) electrons. The van der Waals surface area contributed by atoms with Gasteiger partial charge < -0.3 is 28.8 Å². The molecule has 0 bridgehead atoms. The largest absolute Gasteiger partial charge is 0.492 e. The Morgan fingerprint density at radius 2 is 2.00 bits per heavy atom. The van der Waals surface area contributed by atoms with Gasteiger partial charge in [-0.25, -0.2) is 0 Å². The molecular weight excluding hydrogens is 104 g/mol. The summed E-state index contributed by atoms with van der Waals surface area (Å²) in [5, 5.41) is 7.56. The van der Waals surface area contributed by atoms with Crippen LogP contribution in [0.25, 0.3) is 0 Å². The number of hydrogen-bond donors (Lipinski definition) is 3. The summed E-state index contributed by atoms with van der Waals surface area (Å²) in [6, 6.07) is 0. The van der Waals surface area contributed by atoms with E-state index < -0.39 is 6.09 Å². The molecule has 0 aromatic carbocycles. The normalized spacial score (nSPS) is 6.17. The van der Waals surface area contributed by atoms with Gasteiger partial charge in [-0.15, -0.1) is 0 Å². The molecule has 0 aliphatic rings. The summed E-state index contributed by atoms with van der Waals surface area (Å²) in [4.78, 5) is 9.21. The van der Waals surface area contributed by atoms with Gasteiger partial charge in [0.1, 0.15) is 0 Å². The van der Waals surface area contributed by atoms with Gasteiger partial charge in [-0.2, -0.15) is 4.79 Å². The van der Waals surface area contributed by atoms with Crippen LogP contribution in [0.2, 0.25) is 0 Å². The van der Waals surface area contributed by atoms with Crippen molar-refractivity contribution >= 4 is 18.9 Å². The lowest BCUT2D eigenvalue weighted by Crippen LogP contribution is -2.81. The fraction of sp³-hybridized carbons (Fsp3) is 0. The second kappa shape index (κ2) is 4.74. The zero-order chi connectivity index (χ0) is 4.28. The summed E-state index contributed by atoms with van der Waals surface area (Å²) in [6.07, 6.45) is -1.06. The molecular formula is CH6N2O2S. The maximum atomic E-state index is 9.21. The van der Waals surface area contributed by atoms with E-state index in [1.807, 2.05) is 0 Å². The SMILES string of the molecule is N.O=C(O)[NH2+][S-]. The first-order valence-electron chi connectivity index (χ1n) is 0.952. The average Bonchev–Trinajstić information content (AvgIpc) is 1.38. The second-order valence-corrected chi connectivity index (χ2v) is 0.692. The van der Waals surface area contributed by atoms with Crippen LogP contribution in [0.15, 0.2) is 0 Å². The number of carbonyl (C=O) groups is 1. The molecule has 0 unspecified atom stereocenters. The smallest absolute Gasteiger partial charge is 0.485 e. The molecule has 0 aliphatic carbocycles. The van der Waals surface area contributed by atoms with Crippen molar-refractivity contribution in [3.63, 3.8) is 0 Å².